The second-order valence-electron chi connectivity index (χ2n) is 8.25. The molecule has 2 fully saturated rings. The van der Waals surface area contributed by atoms with Crippen LogP contribution in [0.5, 0.6) is 0 Å². The molecule has 6 heteroatoms. The molecule has 2 aliphatic heterocycles. The van der Waals surface area contributed by atoms with Crippen molar-refractivity contribution in [3.63, 3.8) is 0 Å². The average Bonchev–Trinajstić information content (AvgIpc) is 3.20. The van der Waals surface area contributed by atoms with Crippen molar-refractivity contribution in [1.29, 1.82) is 0 Å². The van der Waals surface area contributed by atoms with E-state index in [0.717, 1.165) is 75.1 Å². The van der Waals surface area contributed by atoms with Crippen LogP contribution in [0.4, 0.5) is 0 Å². The minimum atomic E-state index is 0.105. The fourth-order valence-electron chi connectivity index (χ4n) is 4.76. The molecule has 28 heavy (non-hydrogen) atoms. The highest BCUT2D eigenvalue weighted by atomic mass is 16.3. The zero-order chi connectivity index (χ0) is 19.5. The van der Waals surface area contributed by atoms with Crippen LogP contribution in [-0.2, 0) is 0 Å². The minimum absolute atomic E-state index is 0.105. The first kappa shape index (κ1) is 19.4. The lowest BCUT2D eigenvalue weighted by Gasteiger charge is -2.46. The Morgan fingerprint density at radius 2 is 2.00 bits per heavy atom. The summed E-state index contributed by atoms with van der Waals surface area (Å²) in [6.45, 7) is 6.21. The summed E-state index contributed by atoms with van der Waals surface area (Å²) in [6, 6.07) is 8.08. The number of rotatable bonds is 5. The molecule has 4 rings (SSSR count). The van der Waals surface area contributed by atoms with Crippen LogP contribution in [-0.4, -0.2) is 84.7 Å². The van der Waals surface area contributed by atoms with Crippen LogP contribution in [0.1, 0.15) is 29.6 Å². The van der Waals surface area contributed by atoms with E-state index in [1.165, 1.54) is 0 Å². The van der Waals surface area contributed by atoms with Crippen LogP contribution in [0.15, 0.2) is 34.9 Å². The molecule has 6 nitrogen and oxygen atoms in total. The van der Waals surface area contributed by atoms with Gasteiger partial charge < -0.3 is 19.3 Å². The highest BCUT2D eigenvalue weighted by Gasteiger charge is 2.35. The largest absolute Gasteiger partial charge is 0.464 e. The van der Waals surface area contributed by atoms with E-state index in [9.17, 15) is 9.90 Å². The molecule has 0 saturated carbocycles. The predicted molar refractivity (Wildman–Crippen MR) is 109 cm³/mol. The number of piperidine rings is 1. The average molecular weight is 386 g/mol. The lowest BCUT2D eigenvalue weighted by atomic mass is 9.86. The number of likely N-dealkylation sites (tertiary alicyclic amines) is 1. The smallest absolute Gasteiger partial charge is 0.253 e. The number of furan rings is 1. The fourth-order valence-corrected chi connectivity index (χ4v) is 4.76. The Bertz CT molecular complexity index is 797. The monoisotopic (exact) mass is 385 g/mol. The van der Waals surface area contributed by atoms with Crippen LogP contribution in [0.2, 0.25) is 0 Å². The number of fused-ring (bicyclic) bond motifs is 1. The summed E-state index contributed by atoms with van der Waals surface area (Å²) in [5, 5.41) is 10.3. The maximum atomic E-state index is 13.1. The van der Waals surface area contributed by atoms with E-state index in [1.807, 2.05) is 29.2 Å². The normalized spacial score (nSPS) is 24.7. The van der Waals surface area contributed by atoms with Crippen molar-refractivity contribution in [3.05, 3.63) is 36.1 Å². The molecular weight excluding hydrogens is 354 g/mol. The Morgan fingerprint density at radius 3 is 2.79 bits per heavy atom. The molecule has 1 N–H and O–H groups in total. The second kappa shape index (κ2) is 8.64. The number of aliphatic hydroxyl groups excluding tert-OH is 1. The summed E-state index contributed by atoms with van der Waals surface area (Å²) >= 11 is 0. The third kappa shape index (κ3) is 4.09. The lowest BCUT2D eigenvalue weighted by Crippen LogP contribution is -2.56. The molecule has 0 spiro atoms. The van der Waals surface area contributed by atoms with Crippen molar-refractivity contribution >= 4 is 16.9 Å². The van der Waals surface area contributed by atoms with Gasteiger partial charge in [-0.1, -0.05) is 0 Å². The minimum Gasteiger partial charge on any atom is -0.464 e. The first-order valence-corrected chi connectivity index (χ1v) is 10.5. The first-order chi connectivity index (χ1) is 13.7. The third-order valence-electron chi connectivity index (χ3n) is 6.42. The summed E-state index contributed by atoms with van der Waals surface area (Å²) in [7, 11) is 2.18. The van der Waals surface area contributed by atoms with Gasteiger partial charge in [0, 0.05) is 62.9 Å². The molecule has 152 valence electrons. The maximum Gasteiger partial charge on any atom is 0.253 e. The second-order valence-corrected chi connectivity index (χ2v) is 8.25. The van der Waals surface area contributed by atoms with E-state index in [2.05, 4.69) is 16.8 Å². The summed E-state index contributed by atoms with van der Waals surface area (Å²) in [5.41, 5.74) is 1.54. The Balaban J connectivity index is 1.46. The quantitative estimate of drug-likeness (QED) is 0.856. The third-order valence-corrected chi connectivity index (χ3v) is 6.42. The molecule has 2 saturated heterocycles. The van der Waals surface area contributed by atoms with E-state index < -0.39 is 0 Å². The zero-order valence-electron chi connectivity index (χ0n) is 16.7. The summed E-state index contributed by atoms with van der Waals surface area (Å²) in [6.07, 6.45) is 4.45. The zero-order valence-corrected chi connectivity index (χ0v) is 16.7. The highest BCUT2D eigenvalue weighted by molar-refractivity contribution is 5.97. The van der Waals surface area contributed by atoms with Crippen LogP contribution in [0.25, 0.3) is 11.0 Å². The van der Waals surface area contributed by atoms with Crippen molar-refractivity contribution in [2.45, 2.75) is 25.3 Å². The van der Waals surface area contributed by atoms with Gasteiger partial charge in [0.15, 0.2) is 0 Å². The standard InChI is InChI=1S/C22H31N3O3/c1-23-9-11-24(12-10-23)20-6-8-25(16-19(20)3-2-13-26)22(27)18-4-5-21-17(15-18)7-14-28-21/h4-5,7,14-15,19-20,26H,2-3,6,8-13,16H2,1H3/t19-,20+/m0/s1. The molecule has 2 aromatic rings. The number of piperazine rings is 1. The van der Waals surface area contributed by atoms with Gasteiger partial charge in [0.1, 0.15) is 5.58 Å². The number of carbonyl (C=O) groups is 1. The summed E-state index contributed by atoms with van der Waals surface area (Å²) < 4.78 is 5.39. The Kier molecular flexibility index (Phi) is 5.99. The van der Waals surface area contributed by atoms with Crippen LogP contribution in [0, 0.1) is 5.92 Å². The van der Waals surface area contributed by atoms with Crippen molar-refractivity contribution in [1.82, 2.24) is 14.7 Å². The SMILES string of the molecule is CN1CCN([C@@H]2CCN(C(=O)c3ccc4occc4c3)C[C@@H]2CCCO)CC1. The number of aliphatic hydroxyl groups is 1. The van der Waals surface area contributed by atoms with Crippen molar-refractivity contribution < 1.29 is 14.3 Å². The van der Waals surface area contributed by atoms with E-state index in [-0.39, 0.29) is 12.5 Å². The van der Waals surface area contributed by atoms with Gasteiger partial charge in [-0.3, -0.25) is 9.69 Å². The van der Waals surface area contributed by atoms with E-state index in [4.69, 9.17) is 4.42 Å². The van der Waals surface area contributed by atoms with Gasteiger partial charge in [0.05, 0.1) is 6.26 Å². The molecule has 2 atom stereocenters. The van der Waals surface area contributed by atoms with Crippen molar-refractivity contribution in [2.24, 2.45) is 5.92 Å². The van der Waals surface area contributed by atoms with Crippen LogP contribution < -0.4 is 0 Å². The number of likely N-dealkylation sites (N-methyl/N-ethyl adjacent to an activating group) is 1. The van der Waals surface area contributed by atoms with Gasteiger partial charge in [0.25, 0.3) is 5.91 Å². The fraction of sp³-hybridized carbons (Fsp3) is 0.591. The molecule has 1 aromatic heterocycles. The Labute approximate surface area is 166 Å². The number of hydrogen-bond acceptors (Lipinski definition) is 5. The van der Waals surface area contributed by atoms with E-state index >= 15 is 0 Å². The van der Waals surface area contributed by atoms with Crippen molar-refractivity contribution in [3.8, 4) is 0 Å². The molecule has 1 aromatic carbocycles. The topological polar surface area (TPSA) is 60.2 Å². The summed E-state index contributed by atoms with van der Waals surface area (Å²) in [5.74, 6) is 0.528. The molecule has 1 amide bonds. The van der Waals surface area contributed by atoms with Crippen LogP contribution in [0.3, 0.4) is 0 Å². The maximum absolute atomic E-state index is 13.1. The van der Waals surface area contributed by atoms with Crippen LogP contribution >= 0.6 is 0 Å². The molecule has 0 bridgehead atoms. The van der Waals surface area contributed by atoms with Gasteiger partial charge in [-0.05, 0) is 56.5 Å². The van der Waals surface area contributed by atoms with E-state index in [0.29, 0.717) is 12.0 Å². The molecule has 0 unspecified atom stereocenters. The van der Waals surface area contributed by atoms with E-state index in [1.54, 1.807) is 6.26 Å². The molecule has 0 aliphatic carbocycles. The number of nitrogens with zero attached hydrogens (tertiary/aromatic N) is 3. The van der Waals surface area contributed by atoms with Gasteiger partial charge in [-0.25, -0.2) is 0 Å². The van der Waals surface area contributed by atoms with Crippen molar-refractivity contribution in [2.75, 3.05) is 52.9 Å². The highest BCUT2D eigenvalue weighted by Crippen LogP contribution is 2.28. The predicted octanol–water partition coefficient (Wildman–Crippen LogP) is 2.28. The number of carbonyl (C=O) groups excluding carboxylic acids is 1. The molecule has 3 heterocycles. The number of hydrogen-bond donors (Lipinski definition) is 1. The number of benzene rings is 1. The molecule has 2 aliphatic rings. The molecular formula is C22H31N3O3. The molecule has 0 radical (unpaired) electrons. The van der Waals surface area contributed by atoms with Gasteiger partial charge in [-0.15, -0.1) is 0 Å². The Morgan fingerprint density at radius 1 is 1.18 bits per heavy atom. The van der Waals surface area contributed by atoms with Gasteiger partial charge in [-0.2, -0.15) is 0 Å². The van der Waals surface area contributed by atoms with Gasteiger partial charge in [0.2, 0.25) is 0 Å². The number of amides is 1. The van der Waals surface area contributed by atoms with Gasteiger partial charge >= 0.3 is 0 Å². The first-order valence-electron chi connectivity index (χ1n) is 10.5. The Hall–Kier alpha value is -1.89. The summed E-state index contributed by atoms with van der Waals surface area (Å²) in [4.78, 5) is 20.1. The lowest BCUT2D eigenvalue weighted by molar-refractivity contribution is 0.0218.